The molecule has 1 saturated heterocycles. The number of hydrogen-bond acceptors (Lipinski definition) is 8. The number of esters is 1. The molecule has 0 radical (unpaired) electrons. The Morgan fingerprint density at radius 3 is 2.40 bits per heavy atom. The molecular formula is C19H21N3O8. The van der Waals surface area contributed by atoms with E-state index in [0.717, 1.165) is 23.8 Å². The number of hydrogen-bond donors (Lipinski definition) is 1. The fourth-order valence-corrected chi connectivity index (χ4v) is 3.79. The molecule has 2 aliphatic rings. The van der Waals surface area contributed by atoms with Crippen molar-refractivity contribution in [3.63, 3.8) is 0 Å². The molecule has 3 rings (SSSR count). The van der Waals surface area contributed by atoms with Gasteiger partial charge in [-0.1, -0.05) is 12.8 Å². The zero-order valence-corrected chi connectivity index (χ0v) is 16.3. The summed E-state index contributed by atoms with van der Waals surface area (Å²) in [5.74, 6) is -2.97. The minimum atomic E-state index is -0.908. The van der Waals surface area contributed by atoms with Gasteiger partial charge in [-0.2, -0.15) is 0 Å². The molecule has 2 atom stereocenters. The number of ether oxygens (including phenoxy) is 2. The highest BCUT2D eigenvalue weighted by Gasteiger charge is 2.48. The second-order valence-electron chi connectivity index (χ2n) is 7.11. The SMILES string of the molecule is COc1ccc(NC(=O)COC(=O)CN2C(=O)[C@@H]3CCCC[C@H]3C2=O)c([N+](=O)[O-])c1. The summed E-state index contributed by atoms with van der Waals surface area (Å²) in [4.78, 5) is 60.1. The summed E-state index contributed by atoms with van der Waals surface area (Å²) in [5.41, 5.74) is -0.472. The maximum absolute atomic E-state index is 12.4. The second kappa shape index (κ2) is 8.89. The summed E-state index contributed by atoms with van der Waals surface area (Å²) in [7, 11) is 1.35. The average Bonchev–Trinajstić information content (AvgIpc) is 2.97. The molecule has 0 spiro atoms. The van der Waals surface area contributed by atoms with Crippen LogP contribution in [0.2, 0.25) is 0 Å². The molecule has 30 heavy (non-hydrogen) atoms. The largest absolute Gasteiger partial charge is 0.496 e. The van der Waals surface area contributed by atoms with Crippen LogP contribution in [0.3, 0.4) is 0 Å². The van der Waals surface area contributed by atoms with Crippen molar-refractivity contribution < 1.29 is 33.6 Å². The Balaban J connectivity index is 1.54. The molecule has 0 unspecified atom stereocenters. The third-order valence-corrected chi connectivity index (χ3v) is 5.26. The molecule has 3 amide bonds. The fourth-order valence-electron chi connectivity index (χ4n) is 3.79. The summed E-state index contributed by atoms with van der Waals surface area (Å²) in [6.07, 6.45) is 3.00. The Bertz CT molecular complexity index is 876. The Morgan fingerprint density at radius 1 is 1.20 bits per heavy atom. The molecule has 11 nitrogen and oxygen atoms in total. The Labute approximate surface area is 171 Å². The zero-order chi connectivity index (χ0) is 21.8. The van der Waals surface area contributed by atoms with E-state index in [1.54, 1.807) is 0 Å². The number of carbonyl (C=O) groups excluding carboxylic acids is 4. The van der Waals surface area contributed by atoms with E-state index in [1.807, 2.05) is 0 Å². The van der Waals surface area contributed by atoms with Gasteiger partial charge in [-0.05, 0) is 25.0 Å². The standard InChI is InChI=1S/C19H21N3O8/c1-29-11-6-7-14(15(8-11)22(27)28)20-16(23)10-30-17(24)9-21-18(25)12-4-2-3-5-13(12)19(21)26/h6-8,12-13H,2-5,9-10H2,1H3,(H,20,23)/t12-,13-/m1/s1. The number of amides is 3. The van der Waals surface area contributed by atoms with Crippen LogP contribution in [0.25, 0.3) is 0 Å². The lowest BCUT2D eigenvalue weighted by atomic mass is 9.81. The maximum atomic E-state index is 12.4. The molecule has 11 heteroatoms. The third kappa shape index (κ3) is 4.39. The summed E-state index contributed by atoms with van der Waals surface area (Å²) >= 11 is 0. The van der Waals surface area contributed by atoms with E-state index in [0.29, 0.717) is 12.8 Å². The highest BCUT2D eigenvalue weighted by molar-refractivity contribution is 6.07. The number of carbonyl (C=O) groups is 4. The van der Waals surface area contributed by atoms with Crippen LogP contribution in [0, 0.1) is 22.0 Å². The topological polar surface area (TPSA) is 145 Å². The smallest absolute Gasteiger partial charge is 0.326 e. The monoisotopic (exact) mass is 419 g/mol. The molecule has 1 saturated carbocycles. The van der Waals surface area contributed by atoms with E-state index in [9.17, 15) is 29.3 Å². The van der Waals surface area contributed by atoms with Crippen LogP contribution in [-0.2, 0) is 23.9 Å². The number of nitro groups is 1. The number of benzene rings is 1. The number of rotatable bonds is 7. The highest BCUT2D eigenvalue weighted by atomic mass is 16.6. The fraction of sp³-hybridized carbons (Fsp3) is 0.474. The van der Waals surface area contributed by atoms with Gasteiger partial charge in [0.15, 0.2) is 6.61 Å². The van der Waals surface area contributed by atoms with Gasteiger partial charge < -0.3 is 14.8 Å². The summed E-state index contributed by atoms with van der Waals surface area (Å²) in [5, 5.41) is 13.4. The quantitative estimate of drug-likeness (QED) is 0.301. The summed E-state index contributed by atoms with van der Waals surface area (Å²) in [6, 6.07) is 3.87. The van der Waals surface area contributed by atoms with Crippen molar-refractivity contribution in [3.8, 4) is 5.75 Å². The number of fused-ring (bicyclic) bond motifs is 1. The number of nitro benzene ring substituents is 1. The number of anilines is 1. The van der Waals surface area contributed by atoms with Gasteiger partial charge in [-0.15, -0.1) is 0 Å². The molecule has 1 N–H and O–H groups in total. The van der Waals surface area contributed by atoms with E-state index < -0.39 is 30.0 Å². The molecule has 2 fully saturated rings. The third-order valence-electron chi connectivity index (χ3n) is 5.26. The zero-order valence-electron chi connectivity index (χ0n) is 16.3. The van der Waals surface area contributed by atoms with Crippen LogP contribution < -0.4 is 10.1 Å². The lowest BCUT2D eigenvalue weighted by Crippen LogP contribution is -2.37. The van der Waals surface area contributed by atoms with E-state index in [2.05, 4.69) is 5.32 Å². The number of likely N-dealkylation sites (tertiary alicyclic amines) is 1. The minimum absolute atomic E-state index is 0.0872. The molecule has 160 valence electrons. The first-order chi connectivity index (χ1) is 14.3. The van der Waals surface area contributed by atoms with Gasteiger partial charge in [-0.25, -0.2) is 0 Å². The molecule has 1 heterocycles. The predicted molar refractivity (Wildman–Crippen MR) is 101 cm³/mol. The van der Waals surface area contributed by atoms with Gasteiger partial charge >= 0.3 is 5.97 Å². The minimum Gasteiger partial charge on any atom is -0.496 e. The van der Waals surface area contributed by atoms with E-state index in [1.165, 1.54) is 19.2 Å². The normalized spacial score (nSPS) is 20.5. The van der Waals surface area contributed by atoms with Gasteiger partial charge in [0.1, 0.15) is 18.0 Å². The molecule has 1 aliphatic carbocycles. The van der Waals surface area contributed by atoms with Gasteiger partial charge in [0, 0.05) is 0 Å². The second-order valence-corrected chi connectivity index (χ2v) is 7.11. The molecule has 0 bridgehead atoms. The highest BCUT2D eigenvalue weighted by Crippen LogP contribution is 2.37. The number of nitrogens with one attached hydrogen (secondary N) is 1. The lowest BCUT2D eigenvalue weighted by Gasteiger charge is -2.19. The van der Waals surface area contributed by atoms with Crippen LogP contribution in [-0.4, -0.2) is 53.8 Å². The molecular weight excluding hydrogens is 398 g/mol. The van der Waals surface area contributed by atoms with Crippen molar-refractivity contribution >= 4 is 35.1 Å². The van der Waals surface area contributed by atoms with Crippen molar-refractivity contribution in [1.82, 2.24) is 4.90 Å². The lowest BCUT2D eigenvalue weighted by molar-refractivity contribution is -0.384. The van der Waals surface area contributed by atoms with Gasteiger partial charge in [0.05, 0.1) is 29.9 Å². The summed E-state index contributed by atoms with van der Waals surface area (Å²) < 4.78 is 9.76. The van der Waals surface area contributed by atoms with Crippen LogP contribution in [0.15, 0.2) is 18.2 Å². The number of imide groups is 1. The van der Waals surface area contributed by atoms with Crippen LogP contribution >= 0.6 is 0 Å². The van der Waals surface area contributed by atoms with Gasteiger partial charge in [0.25, 0.3) is 11.6 Å². The maximum Gasteiger partial charge on any atom is 0.326 e. The molecule has 0 aromatic heterocycles. The number of methoxy groups -OCH3 is 1. The number of nitrogens with zero attached hydrogens (tertiary/aromatic N) is 2. The molecule has 1 aromatic rings. The first-order valence-corrected chi connectivity index (χ1v) is 9.45. The van der Waals surface area contributed by atoms with Crippen molar-refractivity contribution in [2.45, 2.75) is 25.7 Å². The Kier molecular flexibility index (Phi) is 6.28. The predicted octanol–water partition coefficient (Wildman–Crippen LogP) is 1.26. The van der Waals surface area contributed by atoms with Crippen molar-refractivity contribution in [2.75, 3.05) is 25.6 Å². The Morgan fingerprint density at radius 2 is 1.83 bits per heavy atom. The van der Waals surface area contributed by atoms with Crippen LogP contribution in [0.1, 0.15) is 25.7 Å². The first-order valence-electron chi connectivity index (χ1n) is 9.45. The van der Waals surface area contributed by atoms with E-state index in [4.69, 9.17) is 9.47 Å². The average molecular weight is 419 g/mol. The van der Waals surface area contributed by atoms with Gasteiger partial charge in [-0.3, -0.25) is 34.2 Å². The van der Waals surface area contributed by atoms with Crippen molar-refractivity contribution in [3.05, 3.63) is 28.3 Å². The molecule has 1 aromatic carbocycles. The molecule has 1 aliphatic heterocycles. The van der Waals surface area contributed by atoms with E-state index in [-0.39, 0.29) is 40.8 Å². The van der Waals surface area contributed by atoms with Crippen LogP contribution in [0.5, 0.6) is 5.75 Å². The van der Waals surface area contributed by atoms with Crippen molar-refractivity contribution in [2.24, 2.45) is 11.8 Å². The van der Waals surface area contributed by atoms with E-state index >= 15 is 0 Å². The van der Waals surface area contributed by atoms with Crippen LogP contribution in [0.4, 0.5) is 11.4 Å². The van der Waals surface area contributed by atoms with Gasteiger partial charge in [0.2, 0.25) is 11.8 Å². The Hall–Kier alpha value is -3.50. The van der Waals surface area contributed by atoms with Crippen molar-refractivity contribution in [1.29, 1.82) is 0 Å². The summed E-state index contributed by atoms with van der Waals surface area (Å²) in [6.45, 7) is -1.27. The first kappa shape index (κ1) is 21.2.